The number of rotatable bonds is 2. The van der Waals surface area contributed by atoms with Gasteiger partial charge in [-0.1, -0.05) is 0 Å². The van der Waals surface area contributed by atoms with Crippen molar-refractivity contribution in [3.05, 3.63) is 0 Å². The predicted octanol–water partition coefficient (Wildman–Crippen LogP) is -1.00. The second-order valence-corrected chi connectivity index (χ2v) is 4.99. The largest absolute Gasteiger partial charge is 0.350 e. The zero-order valence-electron chi connectivity index (χ0n) is 8.66. The number of carbonyl (C=O) groups is 2. The van der Waals surface area contributed by atoms with Crippen LogP contribution in [0.4, 0.5) is 0 Å². The molecule has 0 aromatic carbocycles. The molecule has 15 heavy (non-hydrogen) atoms. The van der Waals surface area contributed by atoms with Crippen LogP contribution in [0.25, 0.3) is 0 Å². The van der Waals surface area contributed by atoms with Crippen LogP contribution in [-0.4, -0.2) is 54.0 Å². The van der Waals surface area contributed by atoms with E-state index in [2.05, 4.69) is 10.6 Å². The van der Waals surface area contributed by atoms with Gasteiger partial charge in [0.2, 0.25) is 11.8 Å². The summed E-state index contributed by atoms with van der Waals surface area (Å²) in [5, 5.41) is 6.01. The number of thioether (sulfide) groups is 1. The van der Waals surface area contributed by atoms with Gasteiger partial charge in [0.15, 0.2) is 0 Å². The highest BCUT2D eigenvalue weighted by molar-refractivity contribution is 7.99. The minimum absolute atomic E-state index is 0.0117. The Morgan fingerprint density at radius 2 is 2.47 bits per heavy atom. The van der Waals surface area contributed by atoms with E-state index in [0.717, 1.165) is 11.6 Å². The number of hydrogen-bond donors (Lipinski definition) is 2. The number of amides is 2. The van der Waals surface area contributed by atoms with E-state index in [0.29, 0.717) is 13.0 Å². The normalized spacial score (nSPS) is 31.0. The van der Waals surface area contributed by atoms with Gasteiger partial charge >= 0.3 is 0 Å². The van der Waals surface area contributed by atoms with E-state index in [1.165, 1.54) is 0 Å². The van der Waals surface area contributed by atoms with E-state index in [1.807, 2.05) is 0 Å². The molecular formula is C9H15N3O2S. The average molecular weight is 229 g/mol. The van der Waals surface area contributed by atoms with Gasteiger partial charge in [-0.3, -0.25) is 14.9 Å². The van der Waals surface area contributed by atoms with E-state index < -0.39 is 0 Å². The Balaban J connectivity index is 1.82. The van der Waals surface area contributed by atoms with Crippen LogP contribution in [-0.2, 0) is 9.59 Å². The first-order valence-corrected chi connectivity index (χ1v) is 6.18. The molecule has 2 N–H and O–H groups in total. The topological polar surface area (TPSA) is 61.4 Å². The first-order chi connectivity index (χ1) is 7.16. The summed E-state index contributed by atoms with van der Waals surface area (Å²) in [4.78, 5) is 24.6. The van der Waals surface area contributed by atoms with Crippen LogP contribution in [0, 0.1) is 0 Å². The van der Waals surface area contributed by atoms with Crippen molar-refractivity contribution in [3.8, 4) is 0 Å². The lowest BCUT2D eigenvalue weighted by molar-refractivity contribution is -0.126. The number of carbonyl (C=O) groups excluding carboxylic acids is 2. The molecule has 0 spiro atoms. The first kappa shape index (κ1) is 10.8. The fraction of sp³-hybridized carbons (Fsp3) is 0.778. The number of hydrogen-bond acceptors (Lipinski definition) is 4. The Bertz CT molecular complexity index is 279. The van der Waals surface area contributed by atoms with Crippen molar-refractivity contribution < 1.29 is 9.59 Å². The predicted molar refractivity (Wildman–Crippen MR) is 58.4 cm³/mol. The van der Waals surface area contributed by atoms with E-state index in [4.69, 9.17) is 0 Å². The van der Waals surface area contributed by atoms with E-state index in [-0.39, 0.29) is 23.9 Å². The fourth-order valence-corrected chi connectivity index (χ4v) is 2.77. The lowest BCUT2D eigenvalue weighted by Crippen LogP contribution is -2.47. The maximum absolute atomic E-state index is 11.7. The molecule has 0 bridgehead atoms. The van der Waals surface area contributed by atoms with Crippen LogP contribution < -0.4 is 10.6 Å². The average Bonchev–Trinajstić information content (AvgIpc) is 2.77. The van der Waals surface area contributed by atoms with Crippen LogP contribution in [0.5, 0.6) is 0 Å². The van der Waals surface area contributed by atoms with Gasteiger partial charge in [-0.2, -0.15) is 0 Å². The van der Waals surface area contributed by atoms with Crippen LogP contribution in [0.2, 0.25) is 0 Å². The quantitative estimate of drug-likeness (QED) is 0.637. The molecule has 2 rings (SSSR count). The summed E-state index contributed by atoms with van der Waals surface area (Å²) in [5.41, 5.74) is 0. The molecule has 2 saturated heterocycles. The zero-order valence-corrected chi connectivity index (χ0v) is 9.47. The van der Waals surface area contributed by atoms with Gasteiger partial charge in [0.25, 0.3) is 0 Å². The molecule has 0 aromatic heterocycles. The number of likely N-dealkylation sites (N-methyl/N-ethyl adjacent to an activating group) is 1. The SMILES string of the molecule is CN1CC(NC(=O)C2CSCN2)CC1=O. The Kier molecular flexibility index (Phi) is 3.16. The highest BCUT2D eigenvalue weighted by Crippen LogP contribution is 2.12. The van der Waals surface area contributed by atoms with Crippen molar-refractivity contribution in [1.82, 2.24) is 15.5 Å². The van der Waals surface area contributed by atoms with Gasteiger partial charge in [0.1, 0.15) is 0 Å². The molecule has 5 nitrogen and oxygen atoms in total. The summed E-state index contributed by atoms with van der Waals surface area (Å²) in [6.45, 7) is 0.629. The van der Waals surface area contributed by atoms with Gasteiger partial charge in [-0.25, -0.2) is 0 Å². The third-order valence-corrected chi connectivity index (χ3v) is 3.66. The molecule has 2 atom stereocenters. The van der Waals surface area contributed by atoms with Crippen molar-refractivity contribution in [2.24, 2.45) is 0 Å². The lowest BCUT2D eigenvalue weighted by atomic mass is 10.2. The fourth-order valence-electron chi connectivity index (χ4n) is 1.83. The second-order valence-electron chi connectivity index (χ2n) is 3.96. The molecule has 2 aliphatic heterocycles. The molecule has 6 heteroatoms. The van der Waals surface area contributed by atoms with E-state index in [9.17, 15) is 9.59 Å². The van der Waals surface area contributed by atoms with Crippen molar-refractivity contribution >= 4 is 23.6 Å². The minimum atomic E-state index is -0.0870. The Labute approximate surface area is 93.0 Å². The van der Waals surface area contributed by atoms with Crippen molar-refractivity contribution in [1.29, 1.82) is 0 Å². The highest BCUT2D eigenvalue weighted by atomic mass is 32.2. The van der Waals surface area contributed by atoms with Crippen molar-refractivity contribution in [2.75, 3.05) is 25.2 Å². The van der Waals surface area contributed by atoms with Crippen molar-refractivity contribution in [3.63, 3.8) is 0 Å². The molecule has 84 valence electrons. The number of likely N-dealkylation sites (tertiary alicyclic amines) is 1. The molecule has 2 unspecified atom stereocenters. The van der Waals surface area contributed by atoms with Gasteiger partial charge < -0.3 is 10.2 Å². The van der Waals surface area contributed by atoms with Gasteiger partial charge in [-0.05, 0) is 0 Å². The summed E-state index contributed by atoms with van der Waals surface area (Å²) in [6.07, 6.45) is 0.433. The molecule has 2 fully saturated rings. The summed E-state index contributed by atoms with van der Waals surface area (Å²) >= 11 is 1.72. The van der Waals surface area contributed by atoms with Crippen LogP contribution in [0.3, 0.4) is 0 Å². The highest BCUT2D eigenvalue weighted by Gasteiger charge is 2.30. The summed E-state index contributed by atoms with van der Waals surface area (Å²) < 4.78 is 0. The third kappa shape index (κ3) is 2.43. The molecule has 0 saturated carbocycles. The molecule has 2 amide bonds. The summed E-state index contributed by atoms with van der Waals surface area (Å²) in [5.74, 6) is 1.78. The van der Waals surface area contributed by atoms with Gasteiger partial charge in [-0.15, -0.1) is 11.8 Å². The monoisotopic (exact) mass is 229 g/mol. The molecule has 2 heterocycles. The Hall–Kier alpha value is -0.750. The molecule has 0 aliphatic carbocycles. The molecule has 2 aliphatic rings. The van der Waals surface area contributed by atoms with Crippen LogP contribution in [0.1, 0.15) is 6.42 Å². The summed E-state index contributed by atoms with van der Waals surface area (Å²) in [7, 11) is 1.76. The van der Waals surface area contributed by atoms with E-state index in [1.54, 1.807) is 23.7 Å². The van der Waals surface area contributed by atoms with Gasteiger partial charge in [0.05, 0.1) is 12.1 Å². The smallest absolute Gasteiger partial charge is 0.238 e. The molecule has 0 aromatic rings. The number of nitrogens with one attached hydrogen (secondary N) is 2. The second kappa shape index (κ2) is 4.40. The number of nitrogens with zero attached hydrogens (tertiary/aromatic N) is 1. The third-order valence-electron chi connectivity index (χ3n) is 2.72. The Morgan fingerprint density at radius 3 is 3.00 bits per heavy atom. The Morgan fingerprint density at radius 1 is 1.67 bits per heavy atom. The minimum Gasteiger partial charge on any atom is -0.350 e. The maximum atomic E-state index is 11.7. The van der Waals surface area contributed by atoms with Gasteiger partial charge in [0, 0.05) is 31.6 Å². The van der Waals surface area contributed by atoms with Crippen molar-refractivity contribution in [2.45, 2.75) is 18.5 Å². The molecule has 0 radical (unpaired) electrons. The first-order valence-electron chi connectivity index (χ1n) is 5.02. The zero-order chi connectivity index (χ0) is 10.8. The summed E-state index contributed by atoms with van der Waals surface area (Å²) in [6, 6.07) is -0.0987. The van der Waals surface area contributed by atoms with E-state index >= 15 is 0 Å². The molecular weight excluding hydrogens is 214 g/mol. The van der Waals surface area contributed by atoms with Crippen LogP contribution in [0.15, 0.2) is 0 Å². The maximum Gasteiger partial charge on any atom is 0.238 e. The lowest BCUT2D eigenvalue weighted by Gasteiger charge is -2.15. The standard InChI is InChI=1S/C9H15N3O2S/c1-12-3-6(2-8(12)13)11-9(14)7-4-15-5-10-7/h6-7,10H,2-5H2,1H3,(H,11,14). The van der Waals surface area contributed by atoms with Crippen LogP contribution >= 0.6 is 11.8 Å².